The topological polar surface area (TPSA) is 29.3 Å². The van der Waals surface area contributed by atoms with Gasteiger partial charge in [0.05, 0.1) is 0 Å². The highest BCUT2D eigenvalue weighted by atomic mass is 35.5. The molecule has 4 heteroatoms. The number of benzene rings is 2. The van der Waals surface area contributed by atoms with Crippen LogP contribution in [0.3, 0.4) is 0 Å². The van der Waals surface area contributed by atoms with E-state index in [4.69, 9.17) is 17.3 Å². The van der Waals surface area contributed by atoms with Gasteiger partial charge in [-0.3, -0.25) is 4.90 Å². The van der Waals surface area contributed by atoms with Gasteiger partial charge in [-0.2, -0.15) is 0 Å². The first-order valence-electron chi connectivity index (χ1n) is 6.65. The Morgan fingerprint density at radius 1 is 1.25 bits per heavy atom. The summed E-state index contributed by atoms with van der Waals surface area (Å²) in [5.41, 5.74) is 8.99. The molecule has 0 aliphatic carbocycles. The van der Waals surface area contributed by atoms with E-state index in [9.17, 15) is 4.39 Å². The van der Waals surface area contributed by atoms with Crippen LogP contribution in [0.2, 0.25) is 5.02 Å². The third-order valence-electron chi connectivity index (χ3n) is 3.84. The molecule has 2 N–H and O–H groups in total. The van der Waals surface area contributed by atoms with Gasteiger partial charge in [0.15, 0.2) is 0 Å². The molecule has 0 fully saturated rings. The quantitative estimate of drug-likeness (QED) is 0.937. The first-order chi connectivity index (χ1) is 9.69. The molecule has 1 aliphatic rings. The van der Waals surface area contributed by atoms with Crippen LogP contribution in [0.1, 0.15) is 22.7 Å². The van der Waals surface area contributed by atoms with Gasteiger partial charge in [0, 0.05) is 36.3 Å². The fourth-order valence-corrected chi connectivity index (χ4v) is 3.01. The smallest absolute Gasteiger partial charge is 0.127 e. The molecule has 1 unspecified atom stereocenters. The predicted molar refractivity (Wildman–Crippen MR) is 78.9 cm³/mol. The second-order valence-corrected chi connectivity index (χ2v) is 5.53. The summed E-state index contributed by atoms with van der Waals surface area (Å²) in [7, 11) is 0. The Morgan fingerprint density at radius 3 is 2.80 bits per heavy atom. The summed E-state index contributed by atoms with van der Waals surface area (Å²) >= 11 is 6.06. The van der Waals surface area contributed by atoms with E-state index in [1.165, 1.54) is 11.6 Å². The number of halogens is 2. The van der Waals surface area contributed by atoms with Crippen molar-refractivity contribution in [3.63, 3.8) is 0 Å². The molecule has 0 aromatic heterocycles. The van der Waals surface area contributed by atoms with Crippen LogP contribution in [0.5, 0.6) is 0 Å². The summed E-state index contributed by atoms with van der Waals surface area (Å²) in [6, 6.07) is 12.9. The third kappa shape index (κ3) is 2.44. The molecule has 0 bridgehead atoms. The molecule has 3 rings (SSSR count). The van der Waals surface area contributed by atoms with Crippen LogP contribution in [0.25, 0.3) is 0 Å². The molecule has 0 amide bonds. The molecule has 0 spiro atoms. The Hall–Kier alpha value is -1.42. The maximum Gasteiger partial charge on any atom is 0.127 e. The molecule has 2 aromatic carbocycles. The van der Waals surface area contributed by atoms with Gasteiger partial charge in [0.2, 0.25) is 0 Å². The predicted octanol–water partition coefficient (Wildman–Crippen LogP) is 3.49. The van der Waals surface area contributed by atoms with Crippen LogP contribution in [-0.4, -0.2) is 11.4 Å². The Kier molecular flexibility index (Phi) is 3.74. The van der Waals surface area contributed by atoms with Crippen LogP contribution in [-0.2, 0) is 13.1 Å². The van der Waals surface area contributed by atoms with Crippen molar-refractivity contribution in [3.05, 3.63) is 70.0 Å². The zero-order valence-corrected chi connectivity index (χ0v) is 11.8. The molecule has 0 radical (unpaired) electrons. The lowest BCUT2D eigenvalue weighted by molar-refractivity contribution is 0.208. The van der Waals surface area contributed by atoms with Gasteiger partial charge in [-0.15, -0.1) is 0 Å². The molecule has 2 aromatic rings. The van der Waals surface area contributed by atoms with E-state index >= 15 is 0 Å². The number of hydrogen-bond acceptors (Lipinski definition) is 2. The van der Waals surface area contributed by atoms with Crippen LogP contribution in [0.4, 0.5) is 4.39 Å². The highest BCUT2D eigenvalue weighted by molar-refractivity contribution is 6.30. The molecule has 20 heavy (non-hydrogen) atoms. The number of nitrogens with two attached hydrogens (primary N) is 1. The average Bonchev–Trinajstić information content (AvgIpc) is 2.78. The maximum absolute atomic E-state index is 13.8. The highest BCUT2D eigenvalue weighted by Crippen LogP contribution is 2.35. The zero-order valence-electron chi connectivity index (χ0n) is 11.0. The van der Waals surface area contributed by atoms with Crippen LogP contribution in [0, 0.1) is 5.82 Å². The van der Waals surface area contributed by atoms with Crippen LogP contribution >= 0.6 is 11.6 Å². The Labute approximate surface area is 123 Å². The lowest BCUT2D eigenvalue weighted by atomic mass is 10.1. The van der Waals surface area contributed by atoms with Crippen molar-refractivity contribution in [2.45, 2.75) is 19.1 Å². The van der Waals surface area contributed by atoms with Gasteiger partial charge in [0.1, 0.15) is 5.82 Å². The first kappa shape index (κ1) is 13.6. The lowest BCUT2D eigenvalue weighted by Crippen LogP contribution is -2.27. The van der Waals surface area contributed by atoms with Gasteiger partial charge in [-0.05, 0) is 29.3 Å². The average molecular weight is 291 g/mol. The van der Waals surface area contributed by atoms with E-state index in [1.54, 1.807) is 6.07 Å². The molecule has 0 saturated carbocycles. The summed E-state index contributed by atoms with van der Waals surface area (Å²) in [6.45, 7) is 1.84. The van der Waals surface area contributed by atoms with Gasteiger partial charge >= 0.3 is 0 Å². The molecule has 2 nitrogen and oxygen atoms in total. The van der Waals surface area contributed by atoms with Crippen molar-refractivity contribution in [1.82, 2.24) is 4.90 Å². The monoisotopic (exact) mass is 290 g/mol. The second-order valence-electron chi connectivity index (χ2n) is 5.09. The van der Waals surface area contributed by atoms with E-state index in [-0.39, 0.29) is 11.9 Å². The van der Waals surface area contributed by atoms with Crippen molar-refractivity contribution in [3.8, 4) is 0 Å². The van der Waals surface area contributed by atoms with Crippen molar-refractivity contribution < 1.29 is 4.39 Å². The van der Waals surface area contributed by atoms with Gasteiger partial charge < -0.3 is 5.73 Å². The number of rotatable bonds is 3. The fourth-order valence-electron chi connectivity index (χ4n) is 2.83. The van der Waals surface area contributed by atoms with Gasteiger partial charge in [-0.1, -0.05) is 35.9 Å². The Bertz CT molecular complexity index is 630. The minimum absolute atomic E-state index is 0.100. The fraction of sp³-hybridized carbons (Fsp3) is 0.250. The summed E-state index contributed by atoms with van der Waals surface area (Å²) in [6.07, 6.45) is 0. The van der Waals surface area contributed by atoms with Gasteiger partial charge in [-0.25, -0.2) is 4.39 Å². The Morgan fingerprint density at radius 2 is 2.05 bits per heavy atom. The first-order valence-corrected chi connectivity index (χ1v) is 7.02. The zero-order chi connectivity index (χ0) is 14.1. The summed E-state index contributed by atoms with van der Waals surface area (Å²) in [5, 5.41) is 0.718. The van der Waals surface area contributed by atoms with E-state index < -0.39 is 0 Å². The molecule has 0 saturated heterocycles. The molecule has 1 heterocycles. The number of hydrogen-bond donors (Lipinski definition) is 1. The maximum atomic E-state index is 13.8. The van der Waals surface area contributed by atoms with E-state index in [0.29, 0.717) is 18.7 Å². The summed E-state index contributed by atoms with van der Waals surface area (Å²) in [4.78, 5) is 2.19. The van der Waals surface area contributed by atoms with Crippen LogP contribution in [0.15, 0.2) is 42.5 Å². The van der Waals surface area contributed by atoms with Crippen molar-refractivity contribution in [2.75, 3.05) is 6.54 Å². The molecule has 1 atom stereocenters. The molecule has 1 aliphatic heterocycles. The third-order valence-corrected chi connectivity index (χ3v) is 4.07. The summed E-state index contributed by atoms with van der Waals surface area (Å²) in [5.74, 6) is -0.169. The van der Waals surface area contributed by atoms with E-state index in [2.05, 4.69) is 4.90 Å². The van der Waals surface area contributed by atoms with E-state index in [0.717, 1.165) is 17.1 Å². The minimum atomic E-state index is -0.169. The van der Waals surface area contributed by atoms with Crippen molar-refractivity contribution >= 4 is 11.6 Å². The Balaban J connectivity index is 1.88. The van der Waals surface area contributed by atoms with Crippen molar-refractivity contribution in [2.24, 2.45) is 5.73 Å². The normalized spacial score (nSPS) is 18.2. The minimum Gasteiger partial charge on any atom is -0.329 e. The summed E-state index contributed by atoms with van der Waals surface area (Å²) < 4.78 is 13.8. The van der Waals surface area contributed by atoms with Gasteiger partial charge in [0.25, 0.3) is 0 Å². The number of nitrogens with zero attached hydrogens (tertiary/aromatic N) is 1. The highest BCUT2D eigenvalue weighted by Gasteiger charge is 2.29. The number of fused-ring (bicyclic) bond motifs is 1. The molecular weight excluding hydrogens is 275 g/mol. The molecule has 104 valence electrons. The van der Waals surface area contributed by atoms with Crippen LogP contribution < -0.4 is 5.73 Å². The second kappa shape index (κ2) is 5.52. The molecular formula is C16H16ClFN2. The van der Waals surface area contributed by atoms with Crippen molar-refractivity contribution in [1.29, 1.82) is 0 Å². The standard InChI is InChI=1S/C16H16ClFN2/c17-13-6-5-11-9-20(16(8-19)14(11)7-13)10-12-3-1-2-4-15(12)18/h1-7,16H,8-10,19H2. The van der Waals surface area contributed by atoms with E-state index in [1.807, 2.05) is 30.3 Å². The SMILES string of the molecule is NCC1c2cc(Cl)ccc2CN1Cc1ccccc1F. The largest absolute Gasteiger partial charge is 0.329 e. The lowest BCUT2D eigenvalue weighted by Gasteiger charge is -2.24.